The van der Waals surface area contributed by atoms with Gasteiger partial charge in [-0.2, -0.15) is 0 Å². The Morgan fingerprint density at radius 3 is 2.50 bits per heavy atom. The first kappa shape index (κ1) is 12.9. The number of hydrogen-bond donors (Lipinski definition) is 0. The Morgan fingerprint density at radius 1 is 1.31 bits per heavy atom. The molecular weight excluding hydrogens is 248 g/mol. The number of carbonyl (C=O) groups is 1. The van der Waals surface area contributed by atoms with Gasteiger partial charge in [0.05, 0.1) is 0 Å². The van der Waals surface area contributed by atoms with Crippen LogP contribution in [0.1, 0.15) is 12.5 Å². The van der Waals surface area contributed by atoms with E-state index in [0.717, 1.165) is 5.56 Å². The molecule has 0 saturated carbocycles. The molecule has 0 amide bonds. The Hall–Kier alpha value is -1.15. The van der Waals surface area contributed by atoms with Gasteiger partial charge in [0.1, 0.15) is 0 Å². The van der Waals surface area contributed by atoms with Gasteiger partial charge in [0, 0.05) is 0 Å². The molecule has 1 rings (SSSR count). The summed E-state index contributed by atoms with van der Waals surface area (Å²) >= 11 is 2.78. The first-order chi connectivity index (χ1) is 7.58. The average molecular weight is 260 g/mol. The molecule has 0 aromatic heterocycles. The molecule has 0 unspecified atom stereocenters. The first-order valence-corrected chi connectivity index (χ1v) is 5.17. The SMILES string of the molecule is CO[C](=[Cr])c1ccc(OC(C)=O)cc1OC. The van der Waals surface area contributed by atoms with Gasteiger partial charge < -0.3 is 0 Å². The van der Waals surface area contributed by atoms with Crippen molar-refractivity contribution >= 4 is 10.5 Å². The molecule has 0 aliphatic carbocycles. The van der Waals surface area contributed by atoms with E-state index in [9.17, 15) is 4.79 Å². The van der Waals surface area contributed by atoms with Crippen molar-refractivity contribution in [2.45, 2.75) is 6.92 Å². The van der Waals surface area contributed by atoms with E-state index in [2.05, 4.69) is 15.9 Å². The Balaban J connectivity index is 3.06. The van der Waals surface area contributed by atoms with Crippen molar-refractivity contribution in [3.8, 4) is 11.5 Å². The number of methoxy groups -OCH3 is 2. The molecule has 0 saturated heterocycles. The summed E-state index contributed by atoms with van der Waals surface area (Å²) in [6.07, 6.45) is 0. The first-order valence-electron chi connectivity index (χ1n) is 4.53. The van der Waals surface area contributed by atoms with E-state index < -0.39 is 0 Å². The van der Waals surface area contributed by atoms with Gasteiger partial charge in [0.25, 0.3) is 0 Å². The summed E-state index contributed by atoms with van der Waals surface area (Å²) in [7, 11) is 3.10. The van der Waals surface area contributed by atoms with Crippen LogP contribution < -0.4 is 9.47 Å². The van der Waals surface area contributed by atoms with E-state index in [1.165, 1.54) is 6.92 Å². The average Bonchev–Trinajstić information content (AvgIpc) is 2.27. The molecule has 0 bridgehead atoms. The predicted octanol–water partition coefficient (Wildman–Crippen LogP) is 1.29. The zero-order chi connectivity index (χ0) is 12.1. The van der Waals surface area contributed by atoms with Crippen LogP contribution in [0.25, 0.3) is 0 Å². The fourth-order valence-corrected chi connectivity index (χ4v) is 1.44. The molecule has 0 fully saturated rings. The Labute approximate surface area is 102 Å². The summed E-state index contributed by atoms with van der Waals surface area (Å²) in [6.45, 7) is 1.35. The van der Waals surface area contributed by atoms with Gasteiger partial charge in [0.15, 0.2) is 0 Å². The maximum atomic E-state index is 10.8. The van der Waals surface area contributed by atoms with Crippen LogP contribution in [-0.2, 0) is 25.4 Å². The Bertz CT molecular complexity index is 414. The van der Waals surface area contributed by atoms with Gasteiger partial charge in [-0.3, -0.25) is 0 Å². The van der Waals surface area contributed by atoms with Gasteiger partial charge in [0.2, 0.25) is 0 Å². The number of hydrogen-bond acceptors (Lipinski definition) is 4. The van der Waals surface area contributed by atoms with E-state index >= 15 is 0 Å². The maximum absolute atomic E-state index is 10.8. The van der Waals surface area contributed by atoms with Crippen molar-refractivity contribution in [3.05, 3.63) is 23.8 Å². The van der Waals surface area contributed by atoms with E-state index in [1.54, 1.807) is 32.4 Å². The third-order valence-electron chi connectivity index (χ3n) is 1.84. The fourth-order valence-electron chi connectivity index (χ4n) is 1.18. The Morgan fingerprint density at radius 2 is 2.00 bits per heavy atom. The molecule has 0 spiro atoms. The predicted molar refractivity (Wildman–Crippen MR) is 55.4 cm³/mol. The number of esters is 1. The summed E-state index contributed by atoms with van der Waals surface area (Å²) in [5.74, 6) is 0.653. The second kappa shape index (κ2) is 5.81. The number of carbonyl (C=O) groups excluding carboxylic acids is 1. The molecule has 0 atom stereocenters. The standard InChI is InChI=1S/C11H12O4.Cr/c1-8(12)15-10-5-4-9(7-13-2)11(6-10)14-3;/h4-6H,1-3H3;. The van der Waals surface area contributed by atoms with Crippen LogP contribution in [-0.4, -0.2) is 24.8 Å². The van der Waals surface area contributed by atoms with E-state index in [-0.39, 0.29) is 5.97 Å². The van der Waals surface area contributed by atoms with Crippen LogP contribution in [0.2, 0.25) is 0 Å². The second-order valence-corrected chi connectivity index (χ2v) is 3.53. The Kier molecular flexibility index (Phi) is 4.69. The molecule has 0 aliphatic heterocycles. The van der Waals surface area contributed by atoms with E-state index in [4.69, 9.17) is 14.2 Å². The van der Waals surface area contributed by atoms with Crippen molar-refractivity contribution in [1.29, 1.82) is 0 Å². The molecule has 1 aromatic rings. The van der Waals surface area contributed by atoms with Crippen LogP contribution in [0.5, 0.6) is 11.5 Å². The summed E-state index contributed by atoms with van der Waals surface area (Å²) in [4.78, 5) is 10.8. The van der Waals surface area contributed by atoms with Crippen LogP contribution >= 0.6 is 0 Å². The van der Waals surface area contributed by atoms with Gasteiger partial charge >= 0.3 is 102 Å². The van der Waals surface area contributed by atoms with E-state index in [1.807, 2.05) is 0 Å². The molecule has 0 heterocycles. The monoisotopic (exact) mass is 260 g/mol. The summed E-state index contributed by atoms with van der Waals surface area (Å²) in [6, 6.07) is 5.06. The van der Waals surface area contributed by atoms with Crippen LogP contribution in [0.15, 0.2) is 18.2 Å². The quantitative estimate of drug-likeness (QED) is 0.604. The van der Waals surface area contributed by atoms with Crippen molar-refractivity contribution in [2.75, 3.05) is 14.2 Å². The van der Waals surface area contributed by atoms with Crippen molar-refractivity contribution in [2.24, 2.45) is 0 Å². The minimum absolute atomic E-state index is 0.367. The molecule has 5 heteroatoms. The zero-order valence-electron chi connectivity index (χ0n) is 9.27. The van der Waals surface area contributed by atoms with Crippen molar-refractivity contribution in [3.63, 3.8) is 0 Å². The third kappa shape index (κ3) is 3.17. The molecule has 0 radical (unpaired) electrons. The molecule has 86 valence electrons. The molecule has 16 heavy (non-hydrogen) atoms. The van der Waals surface area contributed by atoms with Crippen LogP contribution in [0, 0.1) is 0 Å². The normalized spacial score (nSPS) is 9.69. The summed E-state index contributed by atoms with van der Waals surface area (Å²) in [5, 5.41) is 0. The van der Waals surface area contributed by atoms with Gasteiger partial charge in [-0.05, 0) is 0 Å². The van der Waals surface area contributed by atoms with Gasteiger partial charge in [-0.25, -0.2) is 0 Å². The van der Waals surface area contributed by atoms with Crippen LogP contribution in [0.4, 0.5) is 0 Å². The van der Waals surface area contributed by atoms with Crippen LogP contribution in [0.3, 0.4) is 0 Å². The fraction of sp³-hybridized carbons (Fsp3) is 0.273. The topological polar surface area (TPSA) is 44.8 Å². The minimum atomic E-state index is -0.367. The van der Waals surface area contributed by atoms with Crippen molar-refractivity contribution < 1.29 is 34.9 Å². The number of benzene rings is 1. The van der Waals surface area contributed by atoms with Gasteiger partial charge in [-0.1, -0.05) is 0 Å². The van der Waals surface area contributed by atoms with E-state index in [0.29, 0.717) is 16.1 Å². The van der Waals surface area contributed by atoms with Gasteiger partial charge in [-0.15, -0.1) is 0 Å². The third-order valence-corrected chi connectivity index (χ3v) is 2.44. The summed E-state index contributed by atoms with van der Waals surface area (Å²) < 4.78 is 15.8. The zero-order valence-corrected chi connectivity index (χ0v) is 10.5. The molecule has 0 aliphatic rings. The van der Waals surface area contributed by atoms with Crippen molar-refractivity contribution in [1.82, 2.24) is 0 Å². The molecular formula is C11H12CrO4. The second-order valence-electron chi connectivity index (χ2n) is 2.95. The molecule has 4 nitrogen and oxygen atoms in total. The molecule has 1 aromatic carbocycles. The number of rotatable bonds is 4. The summed E-state index contributed by atoms with van der Waals surface area (Å²) in [5.41, 5.74) is 0.779. The molecule has 0 N–H and O–H groups in total. The number of ether oxygens (including phenoxy) is 3.